The van der Waals surface area contributed by atoms with Crippen LogP contribution in [0.4, 0.5) is 0 Å². The van der Waals surface area contributed by atoms with Crippen LogP contribution in [0, 0.1) is 12.8 Å². The second kappa shape index (κ2) is 6.34. The number of hydrogen-bond donors (Lipinski definition) is 1. The molecule has 2 aliphatic heterocycles. The number of halogens is 2. The molecule has 2 saturated heterocycles. The van der Waals surface area contributed by atoms with Gasteiger partial charge >= 0.3 is 0 Å². The molecule has 0 bridgehead atoms. The third kappa shape index (κ3) is 3.12. The quantitative estimate of drug-likeness (QED) is 0.865. The van der Waals surface area contributed by atoms with Gasteiger partial charge in [0, 0.05) is 17.6 Å². The van der Waals surface area contributed by atoms with Crippen LogP contribution >= 0.6 is 36.2 Å². The topological polar surface area (TPSA) is 34.1 Å². The monoisotopic (exact) mass is 296 g/mol. The zero-order chi connectivity index (χ0) is 10.3. The van der Waals surface area contributed by atoms with Crippen LogP contribution < -0.4 is 5.32 Å². The lowest BCUT2D eigenvalue weighted by Crippen LogP contribution is -2.38. The Kier molecular flexibility index (Phi) is 5.67. The second-order valence-electron chi connectivity index (χ2n) is 4.48. The van der Waals surface area contributed by atoms with Gasteiger partial charge in [-0.1, -0.05) is 0 Å². The fourth-order valence-corrected chi connectivity index (χ4v) is 3.38. The fourth-order valence-electron chi connectivity index (χ4n) is 2.53. The maximum absolute atomic E-state index is 6.05. The van der Waals surface area contributed by atoms with Crippen LogP contribution in [-0.2, 0) is 4.74 Å². The smallest absolute Gasteiger partial charge is 0.122 e. The van der Waals surface area contributed by atoms with Crippen LogP contribution in [0.15, 0.2) is 5.38 Å². The predicted octanol–water partition coefficient (Wildman–Crippen LogP) is 2.73. The Labute approximate surface area is 118 Å². The summed E-state index contributed by atoms with van der Waals surface area (Å²) in [6, 6.07) is 0. The molecule has 1 aromatic heterocycles. The van der Waals surface area contributed by atoms with Gasteiger partial charge in [0.05, 0.1) is 6.10 Å². The number of aromatic nitrogens is 1. The molecule has 1 N–H and O–H groups in total. The maximum Gasteiger partial charge on any atom is 0.122 e. The number of hydrogen-bond acceptors (Lipinski definition) is 4. The normalized spacial score (nSPS) is 31.2. The minimum Gasteiger partial charge on any atom is -0.366 e. The molecule has 0 unspecified atom stereocenters. The largest absolute Gasteiger partial charge is 0.366 e. The Hall–Kier alpha value is 0.130. The van der Waals surface area contributed by atoms with Crippen molar-refractivity contribution in [2.75, 3.05) is 13.1 Å². The summed E-state index contributed by atoms with van der Waals surface area (Å²) in [7, 11) is 0. The highest BCUT2D eigenvalue weighted by molar-refractivity contribution is 7.09. The molecule has 3 nitrogen and oxygen atoms in total. The summed E-state index contributed by atoms with van der Waals surface area (Å²) in [5, 5.41) is 6.67. The van der Waals surface area contributed by atoms with Crippen LogP contribution in [0.5, 0.6) is 0 Å². The Balaban J connectivity index is 0.000000722. The first kappa shape index (κ1) is 15.2. The molecule has 98 valence electrons. The number of nitrogens with zero attached hydrogens (tertiary/aromatic N) is 1. The molecule has 0 amide bonds. The summed E-state index contributed by atoms with van der Waals surface area (Å²) in [5.74, 6) is 0.750. The van der Waals surface area contributed by atoms with Gasteiger partial charge in [-0.2, -0.15) is 0 Å². The Morgan fingerprint density at radius 1 is 1.47 bits per heavy atom. The van der Waals surface area contributed by atoms with Crippen molar-refractivity contribution < 1.29 is 4.74 Å². The lowest BCUT2D eigenvalue weighted by molar-refractivity contribution is 0.0261. The van der Waals surface area contributed by atoms with E-state index in [0.29, 0.717) is 6.10 Å². The predicted molar refractivity (Wildman–Crippen MR) is 74.6 cm³/mol. The van der Waals surface area contributed by atoms with Crippen molar-refractivity contribution in [1.82, 2.24) is 10.3 Å². The van der Waals surface area contributed by atoms with E-state index >= 15 is 0 Å². The van der Waals surface area contributed by atoms with Crippen LogP contribution in [-0.4, -0.2) is 24.2 Å². The highest BCUT2D eigenvalue weighted by Crippen LogP contribution is 2.40. The standard InChI is InChI=1S/C11H16N2OS.2ClH/c1-7-6-15-11(13-7)9-4-8-2-3-12-5-10(8)14-9;;/h6,8-10,12H,2-5H2,1H3;2*1H/t8-,9+,10+;;/m0../s1. The molecule has 17 heavy (non-hydrogen) atoms. The van der Waals surface area contributed by atoms with Crippen molar-refractivity contribution in [3.8, 4) is 0 Å². The summed E-state index contributed by atoms with van der Waals surface area (Å²) in [6.07, 6.45) is 3.11. The Morgan fingerprint density at radius 2 is 2.29 bits per heavy atom. The van der Waals surface area contributed by atoms with Gasteiger partial charge in [0.15, 0.2) is 0 Å². The number of rotatable bonds is 1. The first-order valence-corrected chi connectivity index (χ1v) is 6.49. The van der Waals surface area contributed by atoms with Gasteiger partial charge in [-0.25, -0.2) is 4.98 Å². The molecule has 1 aromatic rings. The van der Waals surface area contributed by atoms with E-state index in [9.17, 15) is 0 Å². The molecule has 2 fully saturated rings. The van der Waals surface area contributed by atoms with Crippen molar-refractivity contribution in [3.63, 3.8) is 0 Å². The van der Waals surface area contributed by atoms with Gasteiger partial charge in [-0.05, 0) is 32.2 Å². The van der Waals surface area contributed by atoms with E-state index in [1.807, 2.05) is 6.92 Å². The number of ether oxygens (including phenoxy) is 1. The zero-order valence-electron chi connectivity index (χ0n) is 9.72. The minimum absolute atomic E-state index is 0. The summed E-state index contributed by atoms with van der Waals surface area (Å²) in [4.78, 5) is 4.52. The Morgan fingerprint density at radius 3 is 2.94 bits per heavy atom. The molecule has 3 heterocycles. The van der Waals surface area contributed by atoms with Crippen molar-refractivity contribution in [3.05, 3.63) is 16.1 Å². The van der Waals surface area contributed by atoms with Gasteiger partial charge in [-0.15, -0.1) is 36.2 Å². The first-order valence-electron chi connectivity index (χ1n) is 5.61. The van der Waals surface area contributed by atoms with E-state index in [2.05, 4.69) is 15.7 Å². The van der Waals surface area contributed by atoms with Crippen LogP contribution in [0.3, 0.4) is 0 Å². The molecule has 0 radical (unpaired) electrons. The van der Waals surface area contributed by atoms with E-state index in [1.54, 1.807) is 11.3 Å². The summed E-state index contributed by atoms with van der Waals surface area (Å²) >= 11 is 1.74. The number of aryl methyl sites for hydroxylation is 1. The molecule has 0 saturated carbocycles. The molecule has 2 aliphatic rings. The average molecular weight is 297 g/mol. The summed E-state index contributed by atoms with van der Waals surface area (Å²) in [5.41, 5.74) is 1.12. The minimum atomic E-state index is 0. The van der Waals surface area contributed by atoms with Gasteiger partial charge in [-0.3, -0.25) is 0 Å². The molecule has 3 rings (SSSR count). The highest BCUT2D eigenvalue weighted by Gasteiger charge is 2.38. The number of nitrogens with one attached hydrogen (secondary N) is 1. The second-order valence-corrected chi connectivity index (χ2v) is 5.37. The van der Waals surface area contributed by atoms with Crippen LogP contribution in [0.2, 0.25) is 0 Å². The van der Waals surface area contributed by atoms with Crippen molar-refractivity contribution in [2.45, 2.75) is 32.0 Å². The molecule has 6 heteroatoms. The molecular weight excluding hydrogens is 279 g/mol. The van der Waals surface area contributed by atoms with E-state index in [1.165, 1.54) is 17.8 Å². The van der Waals surface area contributed by atoms with E-state index in [4.69, 9.17) is 4.74 Å². The van der Waals surface area contributed by atoms with Crippen LogP contribution in [0.1, 0.15) is 29.6 Å². The number of thiazole rings is 1. The highest BCUT2D eigenvalue weighted by atomic mass is 35.5. The van der Waals surface area contributed by atoms with Crippen LogP contribution in [0.25, 0.3) is 0 Å². The van der Waals surface area contributed by atoms with Gasteiger partial charge < -0.3 is 10.1 Å². The fraction of sp³-hybridized carbons (Fsp3) is 0.727. The zero-order valence-corrected chi connectivity index (χ0v) is 12.2. The van der Waals surface area contributed by atoms with E-state index in [-0.39, 0.29) is 30.9 Å². The van der Waals surface area contributed by atoms with E-state index < -0.39 is 0 Å². The van der Waals surface area contributed by atoms with Crippen molar-refractivity contribution in [1.29, 1.82) is 0 Å². The SMILES string of the molecule is Cc1csc([C@H]2C[C@@H]3CCNC[C@H]3O2)n1.Cl.Cl. The summed E-state index contributed by atoms with van der Waals surface area (Å²) in [6.45, 7) is 4.21. The third-order valence-electron chi connectivity index (χ3n) is 3.33. The van der Waals surface area contributed by atoms with Crippen molar-refractivity contribution >= 4 is 36.2 Å². The van der Waals surface area contributed by atoms with Gasteiger partial charge in [0.1, 0.15) is 11.1 Å². The molecule has 0 aromatic carbocycles. The maximum atomic E-state index is 6.05. The first-order chi connectivity index (χ1) is 7.33. The van der Waals surface area contributed by atoms with E-state index in [0.717, 1.165) is 24.7 Å². The third-order valence-corrected chi connectivity index (χ3v) is 4.39. The van der Waals surface area contributed by atoms with Crippen molar-refractivity contribution in [2.24, 2.45) is 5.92 Å². The Bertz CT molecular complexity index is 347. The molecule has 3 atom stereocenters. The lowest BCUT2D eigenvalue weighted by atomic mass is 9.93. The molecule has 0 aliphatic carbocycles. The molecule has 0 spiro atoms. The summed E-state index contributed by atoms with van der Waals surface area (Å²) < 4.78 is 6.05. The number of fused-ring (bicyclic) bond motifs is 1. The van der Waals surface area contributed by atoms with Gasteiger partial charge in [0.25, 0.3) is 0 Å². The average Bonchev–Trinajstić information content (AvgIpc) is 2.82. The number of piperidine rings is 1. The van der Waals surface area contributed by atoms with Gasteiger partial charge in [0.2, 0.25) is 0 Å². The lowest BCUT2D eigenvalue weighted by Gasteiger charge is -2.24. The molecular formula is C11H18Cl2N2OS.